The van der Waals surface area contributed by atoms with Crippen LogP contribution in [0.5, 0.6) is 0 Å². The number of halogens is 3. The van der Waals surface area contributed by atoms with E-state index < -0.39 is 22.9 Å². The Hall–Kier alpha value is -1.79. The Morgan fingerprint density at radius 3 is 2.56 bits per heavy atom. The third kappa shape index (κ3) is 5.03. The van der Waals surface area contributed by atoms with Crippen LogP contribution in [0.2, 0.25) is 0 Å². The first-order chi connectivity index (χ1) is 8.22. The van der Waals surface area contributed by atoms with Crippen molar-refractivity contribution in [2.24, 2.45) is 0 Å². The molecule has 18 heavy (non-hydrogen) atoms. The van der Waals surface area contributed by atoms with Crippen LogP contribution in [-0.4, -0.2) is 21.1 Å². The lowest BCUT2D eigenvalue weighted by Gasteiger charge is -2.11. The summed E-state index contributed by atoms with van der Waals surface area (Å²) in [6, 6.07) is 7.12. The van der Waals surface area contributed by atoms with Gasteiger partial charge in [-0.05, 0) is 18.2 Å². The molecule has 98 valence electrons. The Balaban J connectivity index is 2.74. The molecule has 0 aliphatic heterocycles. The third-order valence-corrected chi connectivity index (χ3v) is 2.74. The van der Waals surface area contributed by atoms with Crippen LogP contribution in [-0.2, 0) is 10.2 Å². The van der Waals surface area contributed by atoms with Gasteiger partial charge < -0.3 is 0 Å². The largest absolute Gasteiger partial charge is 0.402 e. The normalized spacial score (nSPS) is 11.9. The Bertz CT molecular complexity index is 563. The van der Waals surface area contributed by atoms with Crippen LogP contribution < -0.4 is 9.44 Å². The Kier molecular flexibility index (Phi) is 4.15. The van der Waals surface area contributed by atoms with Crippen molar-refractivity contribution < 1.29 is 21.6 Å². The molecule has 0 aromatic heterocycles. The van der Waals surface area contributed by atoms with E-state index in [4.69, 9.17) is 5.26 Å². The quantitative estimate of drug-likeness (QED) is 0.873. The van der Waals surface area contributed by atoms with Crippen molar-refractivity contribution in [2.75, 3.05) is 11.3 Å². The van der Waals surface area contributed by atoms with Crippen molar-refractivity contribution in [1.82, 2.24) is 4.72 Å². The number of hydrogen-bond acceptors (Lipinski definition) is 3. The number of benzene rings is 1. The smallest absolute Gasteiger partial charge is 0.271 e. The molecule has 0 amide bonds. The highest BCUT2D eigenvalue weighted by Gasteiger charge is 2.29. The Morgan fingerprint density at radius 1 is 1.33 bits per heavy atom. The fraction of sp³-hybridized carbons (Fsp3) is 0.222. The minimum atomic E-state index is -4.64. The van der Waals surface area contributed by atoms with Crippen LogP contribution in [0.25, 0.3) is 0 Å². The van der Waals surface area contributed by atoms with Gasteiger partial charge in [-0.2, -0.15) is 31.6 Å². The number of alkyl halides is 3. The summed E-state index contributed by atoms with van der Waals surface area (Å²) in [5.41, 5.74) is 0.190. The molecular weight excluding hydrogens is 271 g/mol. The molecule has 0 spiro atoms. The summed E-state index contributed by atoms with van der Waals surface area (Å²) in [6.45, 7) is -1.67. The standard InChI is InChI=1S/C9H8F3N3O2S/c10-9(11,12)6-14-18(16,17)15-8-3-1-2-7(4-8)5-13/h1-4,14-15H,6H2. The molecule has 1 rings (SSSR count). The van der Waals surface area contributed by atoms with E-state index in [1.807, 2.05) is 4.72 Å². The van der Waals surface area contributed by atoms with E-state index in [2.05, 4.69) is 0 Å². The summed E-state index contributed by atoms with van der Waals surface area (Å²) in [7, 11) is -4.32. The molecule has 1 aromatic rings. The first-order valence-corrected chi connectivity index (χ1v) is 6.04. The molecule has 0 unspecified atom stereocenters. The van der Waals surface area contributed by atoms with E-state index in [-0.39, 0.29) is 11.3 Å². The summed E-state index contributed by atoms with van der Waals surface area (Å²) >= 11 is 0. The van der Waals surface area contributed by atoms with Crippen molar-refractivity contribution >= 4 is 15.9 Å². The number of rotatable bonds is 4. The fourth-order valence-corrected chi connectivity index (χ4v) is 1.88. The average Bonchev–Trinajstić information content (AvgIpc) is 2.25. The zero-order chi connectivity index (χ0) is 13.8. The van der Waals surface area contributed by atoms with E-state index in [1.54, 1.807) is 6.07 Å². The number of anilines is 1. The summed E-state index contributed by atoms with van der Waals surface area (Å²) in [6.07, 6.45) is -4.64. The summed E-state index contributed by atoms with van der Waals surface area (Å²) in [4.78, 5) is 0. The van der Waals surface area contributed by atoms with Gasteiger partial charge in [-0.25, -0.2) is 0 Å². The van der Waals surface area contributed by atoms with Gasteiger partial charge in [-0.3, -0.25) is 4.72 Å². The molecule has 0 aliphatic rings. The molecule has 0 saturated carbocycles. The summed E-state index contributed by atoms with van der Waals surface area (Å²) in [5.74, 6) is 0. The van der Waals surface area contributed by atoms with Gasteiger partial charge >= 0.3 is 6.18 Å². The van der Waals surface area contributed by atoms with E-state index in [0.29, 0.717) is 0 Å². The maximum absolute atomic E-state index is 11.8. The first kappa shape index (κ1) is 14.3. The monoisotopic (exact) mass is 279 g/mol. The summed E-state index contributed by atoms with van der Waals surface area (Å²) in [5, 5.41) is 8.58. The minimum Gasteiger partial charge on any atom is -0.271 e. The zero-order valence-corrected chi connectivity index (χ0v) is 9.64. The van der Waals surface area contributed by atoms with E-state index >= 15 is 0 Å². The number of hydrogen-bond donors (Lipinski definition) is 2. The van der Waals surface area contributed by atoms with Crippen LogP contribution in [0, 0.1) is 11.3 Å². The molecule has 2 N–H and O–H groups in total. The molecule has 5 nitrogen and oxygen atoms in total. The molecule has 0 saturated heterocycles. The van der Waals surface area contributed by atoms with Crippen molar-refractivity contribution in [3.8, 4) is 6.07 Å². The van der Waals surface area contributed by atoms with Gasteiger partial charge in [0.2, 0.25) is 0 Å². The zero-order valence-electron chi connectivity index (χ0n) is 8.82. The fourth-order valence-electron chi connectivity index (χ4n) is 1.02. The molecule has 0 heterocycles. The number of nitrogens with one attached hydrogen (secondary N) is 2. The van der Waals surface area contributed by atoms with Crippen molar-refractivity contribution in [3.05, 3.63) is 29.8 Å². The lowest BCUT2D eigenvalue weighted by molar-refractivity contribution is -0.121. The van der Waals surface area contributed by atoms with E-state index in [9.17, 15) is 21.6 Å². The molecule has 0 radical (unpaired) electrons. The molecule has 1 aromatic carbocycles. The Morgan fingerprint density at radius 2 is 2.00 bits per heavy atom. The molecule has 9 heteroatoms. The second-order valence-corrected chi connectivity index (χ2v) is 4.73. The van der Waals surface area contributed by atoms with Crippen molar-refractivity contribution in [1.29, 1.82) is 5.26 Å². The molecule has 0 bridgehead atoms. The van der Waals surface area contributed by atoms with Crippen LogP contribution in [0.3, 0.4) is 0 Å². The molecular formula is C9H8F3N3O2S. The average molecular weight is 279 g/mol. The molecule has 0 atom stereocenters. The second kappa shape index (κ2) is 5.24. The number of nitrogens with zero attached hydrogens (tertiary/aromatic N) is 1. The Labute approximate surface area is 101 Å². The predicted octanol–water partition coefficient (Wildman–Crippen LogP) is 1.37. The van der Waals surface area contributed by atoms with E-state index in [1.165, 1.54) is 29.0 Å². The van der Waals surface area contributed by atoms with Gasteiger partial charge in [0.15, 0.2) is 0 Å². The van der Waals surface area contributed by atoms with Crippen LogP contribution in [0.15, 0.2) is 24.3 Å². The first-order valence-electron chi connectivity index (χ1n) is 4.56. The topological polar surface area (TPSA) is 82.0 Å². The SMILES string of the molecule is N#Cc1cccc(NS(=O)(=O)NCC(F)(F)F)c1. The third-order valence-electron chi connectivity index (χ3n) is 1.71. The highest BCUT2D eigenvalue weighted by molar-refractivity contribution is 7.90. The molecule has 0 fully saturated rings. The maximum atomic E-state index is 11.8. The highest BCUT2D eigenvalue weighted by Crippen LogP contribution is 2.14. The maximum Gasteiger partial charge on any atom is 0.402 e. The van der Waals surface area contributed by atoms with Crippen LogP contribution in [0.1, 0.15) is 5.56 Å². The van der Waals surface area contributed by atoms with E-state index in [0.717, 1.165) is 0 Å². The van der Waals surface area contributed by atoms with Crippen molar-refractivity contribution in [3.63, 3.8) is 0 Å². The lowest BCUT2D eigenvalue weighted by Crippen LogP contribution is -2.37. The van der Waals surface area contributed by atoms with Crippen LogP contribution >= 0.6 is 0 Å². The van der Waals surface area contributed by atoms with Crippen molar-refractivity contribution in [2.45, 2.75) is 6.18 Å². The lowest BCUT2D eigenvalue weighted by atomic mass is 10.2. The molecule has 0 aliphatic carbocycles. The van der Waals surface area contributed by atoms with Gasteiger partial charge in [0, 0.05) is 0 Å². The van der Waals surface area contributed by atoms with Gasteiger partial charge in [-0.1, -0.05) is 6.07 Å². The van der Waals surface area contributed by atoms with Crippen LogP contribution in [0.4, 0.5) is 18.9 Å². The van der Waals surface area contributed by atoms with Gasteiger partial charge in [0.05, 0.1) is 17.3 Å². The second-order valence-electron chi connectivity index (χ2n) is 3.23. The van der Waals surface area contributed by atoms with Gasteiger partial charge in [0.25, 0.3) is 10.2 Å². The van der Waals surface area contributed by atoms with Gasteiger partial charge in [0.1, 0.15) is 6.54 Å². The number of nitriles is 1. The predicted molar refractivity (Wildman–Crippen MR) is 57.8 cm³/mol. The summed E-state index contributed by atoms with van der Waals surface area (Å²) < 4.78 is 61.2. The highest BCUT2D eigenvalue weighted by atomic mass is 32.2. The minimum absolute atomic E-state index is 0.00345. The van der Waals surface area contributed by atoms with Gasteiger partial charge in [-0.15, -0.1) is 0 Å².